The van der Waals surface area contributed by atoms with Crippen LogP contribution in [0.25, 0.3) is 0 Å². The van der Waals surface area contributed by atoms with Gasteiger partial charge in [-0.15, -0.1) is 0 Å². The summed E-state index contributed by atoms with van der Waals surface area (Å²) in [6.07, 6.45) is -26.9. The van der Waals surface area contributed by atoms with Crippen LogP contribution in [0.4, 0.5) is 0 Å². The molecule has 8 aliphatic rings. The van der Waals surface area contributed by atoms with Crippen LogP contribution in [0.2, 0.25) is 0 Å². The Hall–Kier alpha value is -1.51. The van der Waals surface area contributed by atoms with Crippen LogP contribution in [-0.4, -0.2) is 249 Å². The first kappa shape index (κ1) is 62.5. The number of carbonyl (C=O) groups excluding carboxylic acids is 1. The molecule has 24 heteroatoms. The van der Waals surface area contributed by atoms with E-state index in [1.165, 1.54) is 0 Å². The van der Waals surface area contributed by atoms with Gasteiger partial charge in [-0.2, -0.15) is 0 Å². The molecule has 8 rings (SSSR count). The minimum Gasteiger partial charge on any atom is -0.394 e. The summed E-state index contributed by atoms with van der Waals surface area (Å²) in [5.74, 6) is 0.115. The predicted molar refractivity (Wildman–Crippen MR) is 267 cm³/mol. The van der Waals surface area contributed by atoms with E-state index in [4.69, 9.17) is 37.9 Å². The molecule has 0 aromatic heterocycles. The fourth-order valence-corrected chi connectivity index (χ4v) is 15.3. The number of carbonyl (C=O) groups is 1. The third-order valence-corrected chi connectivity index (χ3v) is 20.5. The highest BCUT2D eigenvalue weighted by molar-refractivity contribution is 5.88. The molecule has 0 unspecified atom stereocenters. The zero-order valence-corrected chi connectivity index (χ0v) is 46.0. The lowest BCUT2D eigenvalue weighted by atomic mass is 9.38. The zero-order chi connectivity index (χ0) is 57.5. The summed E-state index contributed by atoms with van der Waals surface area (Å²) in [5, 5.41) is 159. The Morgan fingerprint density at radius 1 is 0.615 bits per heavy atom. The predicted octanol–water partition coefficient (Wildman–Crippen LogP) is -3.02. The molecule has 0 aromatic rings. The Kier molecular flexibility index (Phi) is 18.8. The molecule has 0 amide bonds. The number of ether oxygens (including phenoxy) is 8. The fourth-order valence-electron chi connectivity index (χ4n) is 15.3. The van der Waals surface area contributed by atoms with Crippen LogP contribution in [0, 0.1) is 45.3 Å². The van der Waals surface area contributed by atoms with E-state index in [9.17, 15) is 76.6 Å². The summed E-state index contributed by atoms with van der Waals surface area (Å²) >= 11 is 0. The van der Waals surface area contributed by atoms with Crippen molar-refractivity contribution in [3.63, 3.8) is 0 Å². The highest BCUT2D eigenvalue weighted by Gasteiger charge is 2.71. The van der Waals surface area contributed by atoms with Crippen molar-refractivity contribution >= 4 is 5.78 Å². The fraction of sp³-hybridized carbons (Fsp3) is 0.944. The van der Waals surface area contributed by atoms with Gasteiger partial charge in [0.25, 0.3) is 0 Å². The first-order valence-corrected chi connectivity index (χ1v) is 27.9. The van der Waals surface area contributed by atoms with Gasteiger partial charge in [-0.1, -0.05) is 53.2 Å². The van der Waals surface area contributed by atoms with E-state index < -0.39 is 183 Å². The highest BCUT2D eigenvalue weighted by atomic mass is 16.8. The summed E-state index contributed by atoms with van der Waals surface area (Å²) in [4.78, 5) is 15.2. The van der Waals surface area contributed by atoms with Crippen molar-refractivity contribution in [1.82, 2.24) is 0 Å². The first-order chi connectivity index (χ1) is 36.4. The van der Waals surface area contributed by atoms with Crippen LogP contribution in [-0.2, 0) is 42.7 Å². The molecule has 0 radical (unpaired) electrons. The number of aliphatic hydroxyl groups excluding tert-OH is 14. The molecule has 3 saturated carbocycles. The van der Waals surface area contributed by atoms with Crippen molar-refractivity contribution < 1.29 is 119 Å². The highest BCUT2D eigenvalue weighted by Crippen LogP contribution is 2.74. The number of hydrogen-bond acceptors (Lipinski definition) is 24. The summed E-state index contributed by atoms with van der Waals surface area (Å²) in [5.41, 5.74) is -2.59. The zero-order valence-electron chi connectivity index (χ0n) is 46.0. The second-order valence-corrected chi connectivity index (χ2v) is 25.7. The number of fused-ring (bicyclic) bond motifs is 5. The van der Waals surface area contributed by atoms with Gasteiger partial charge in [-0.25, -0.2) is 0 Å². The van der Waals surface area contributed by atoms with Crippen molar-refractivity contribution in [3.8, 4) is 0 Å². The van der Waals surface area contributed by atoms with E-state index in [2.05, 4.69) is 33.8 Å². The Labute approximate surface area is 454 Å². The number of Topliss-reactive ketones (excluding diaryl/α,β-unsaturated/α-hetero) is 1. The van der Waals surface area contributed by atoms with Gasteiger partial charge in [-0.05, 0) is 93.3 Å². The van der Waals surface area contributed by atoms with Crippen LogP contribution < -0.4 is 0 Å². The van der Waals surface area contributed by atoms with E-state index in [0.717, 1.165) is 18.4 Å². The van der Waals surface area contributed by atoms with Gasteiger partial charge in [0.15, 0.2) is 25.2 Å². The van der Waals surface area contributed by atoms with Gasteiger partial charge >= 0.3 is 0 Å². The van der Waals surface area contributed by atoms with E-state index in [1.54, 1.807) is 13.8 Å². The van der Waals surface area contributed by atoms with E-state index in [0.29, 0.717) is 32.1 Å². The molecule has 450 valence electrons. The van der Waals surface area contributed by atoms with Gasteiger partial charge in [0.1, 0.15) is 103 Å². The van der Waals surface area contributed by atoms with Crippen LogP contribution in [0.1, 0.15) is 107 Å². The summed E-state index contributed by atoms with van der Waals surface area (Å²) in [7, 11) is 0. The molecule has 15 N–H and O–H groups in total. The average Bonchev–Trinajstić information content (AvgIpc) is 2.93. The molecule has 29 atom stereocenters. The molecule has 4 aliphatic heterocycles. The first-order valence-electron chi connectivity index (χ1n) is 27.9. The smallest absolute Gasteiger partial charge is 0.187 e. The molecule has 0 spiro atoms. The number of ketones is 1. The van der Waals surface area contributed by atoms with Crippen LogP contribution in [0.5, 0.6) is 0 Å². The molecule has 7 fully saturated rings. The third-order valence-electron chi connectivity index (χ3n) is 20.5. The maximum Gasteiger partial charge on any atom is 0.187 e. The van der Waals surface area contributed by atoms with Gasteiger partial charge in [-0.3, -0.25) is 4.79 Å². The standard InChI is InChI=1S/C54H90O24/c1-22(9-13-33(51(4,5)70)77-49-45(41(66)36(61)28(20-57)74-49)78-48-44(69)39(64)35(60)27(19-56)73-48)23-15-16-52(6)30-12-10-24-25(54(30,8)31(58)17-53(23,52)7)11-14-32(50(24,2)3)76-47-43(68)40(65)37(62)29(75-47)21-71-46-42(67)38(63)34(59)26(18-55)72-46/h10,22-23,25-30,32-49,55-57,59-70H,9,11-21H2,1-8H3/t22-,23-,25-,26-,27-,28-,29-,30+,32+,33-,34-,35-,36-,37-,38+,39+,40+,41+,42-,43-,44-,45-,46-,47+,48+,49+,52+,53-,54+/m1/s1. The van der Waals surface area contributed by atoms with Crippen LogP contribution in [0.3, 0.4) is 0 Å². The average molecular weight is 1120 g/mol. The lowest BCUT2D eigenvalue weighted by Gasteiger charge is -2.65. The number of allylic oxidation sites excluding steroid dienone is 1. The van der Waals surface area contributed by atoms with Crippen LogP contribution >= 0.6 is 0 Å². The molecule has 4 aliphatic carbocycles. The second-order valence-electron chi connectivity index (χ2n) is 25.7. The molecule has 78 heavy (non-hydrogen) atoms. The van der Waals surface area contributed by atoms with Crippen LogP contribution in [0.15, 0.2) is 11.6 Å². The lowest BCUT2D eigenvalue weighted by Crippen LogP contribution is -2.65. The quantitative estimate of drug-likeness (QED) is 0.0645. The van der Waals surface area contributed by atoms with Crippen molar-refractivity contribution in [2.75, 3.05) is 26.4 Å². The van der Waals surface area contributed by atoms with Crippen molar-refractivity contribution in [2.45, 2.75) is 247 Å². The third kappa shape index (κ3) is 10.9. The number of rotatable bonds is 17. The summed E-state index contributed by atoms with van der Waals surface area (Å²) in [6.45, 7) is 13.3. The van der Waals surface area contributed by atoms with Crippen molar-refractivity contribution in [2.24, 2.45) is 45.3 Å². The number of aliphatic hydroxyl groups is 15. The largest absolute Gasteiger partial charge is 0.394 e. The molecular formula is C54H90O24. The Morgan fingerprint density at radius 2 is 1.12 bits per heavy atom. The maximum absolute atomic E-state index is 15.2. The van der Waals surface area contributed by atoms with E-state index in [-0.39, 0.29) is 41.3 Å². The Bertz CT molecular complexity index is 2070. The SMILES string of the molecule is C[C@H](CC[C@@H](O[C@@H]1O[C@H](CO)[C@@H](O)[C@H](O)[C@H]1O[C@@H]1O[C@H](CO)[C@@H](O)[C@H](O)[C@H]1O)C(C)(C)O)[C@H]1CC[C@@]2(C)[C@@H]3CC=C4[C@@H](CC[C@H](O[C@@H]5O[C@H](CO[C@@H]6O[C@H](CO)[C@@H](O)[C@H](O)[C@H]6O)[C@@H](O)[C@H](O)[C@H]5O)C4(C)C)[C@]3(C)C(=O)C[C@]12C. The molecule has 0 aromatic carbocycles. The molecule has 0 bridgehead atoms. The maximum atomic E-state index is 15.2. The van der Waals surface area contributed by atoms with Gasteiger partial charge in [0.2, 0.25) is 0 Å². The normalized spacial score (nSPS) is 50.5. The lowest BCUT2D eigenvalue weighted by molar-refractivity contribution is -0.375. The minimum absolute atomic E-state index is 0.00515. The minimum atomic E-state index is -1.86. The Balaban J connectivity index is 0.941. The summed E-state index contributed by atoms with van der Waals surface area (Å²) in [6, 6.07) is 0. The monoisotopic (exact) mass is 1120 g/mol. The molecular weight excluding hydrogens is 1030 g/mol. The van der Waals surface area contributed by atoms with Crippen molar-refractivity contribution in [3.05, 3.63) is 11.6 Å². The Morgan fingerprint density at radius 3 is 1.68 bits per heavy atom. The number of hydrogen-bond donors (Lipinski definition) is 15. The van der Waals surface area contributed by atoms with E-state index >= 15 is 4.79 Å². The van der Waals surface area contributed by atoms with Gasteiger partial charge in [0.05, 0.1) is 44.2 Å². The molecule has 4 saturated heterocycles. The van der Waals surface area contributed by atoms with Crippen molar-refractivity contribution in [1.29, 1.82) is 0 Å². The second kappa shape index (κ2) is 23.5. The van der Waals surface area contributed by atoms with Gasteiger partial charge < -0.3 is 114 Å². The molecule has 24 nitrogen and oxygen atoms in total. The topological polar surface area (TPSA) is 394 Å². The van der Waals surface area contributed by atoms with E-state index in [1.807, 2.05) is 13.8 Å². The molecule has 4 heterocycles. The summed E-state index contributed by atoms with van der Waals surface area (Å²) < 4.78 is 47.4. The van der Waals surface area contributed by atoms with Gasteiger partial charge in [0, 0.05) is 17.3 Å².